The SMILES string of the molecule is Cc1cccc(-c2ncc(CNC[C@]3(c4ccc(F)cc4)CCOC3)cn2)c1. The van der Waals surface area contributed by atoms with E-state index in [9.17, 15) is 4.39 Å². The van der Waals surface area contributed by atoms with Gasteiger partial charge in [-0.05, 0) is 37.1 Å². The first kappa shape index (κ1) is 18.7. The highest BCUT2D eigenvalue weighted by Gasteiger charge is 2.36. The fourth-order valence-corrected chi connectivity index (χ4v) is 3.71. The molecule has 4 nitrogen and oxygen atoms in total. The first-order valence-electron chi connectivity index (χ1n) is 9.57. The molecule has 4 rings (SSSR count). The molecule has 0 saturated carbocycles. The molecule has 1 aromatic heterocycles. The van der Waals surface area contributed by atoms with Crippen molar-refractivity contribution in [2.45, 2.75) is 25.3 Å². The predicted molar refractivity (Wildman–Crippen MR) is 107 cm³/mol. The number of hydrogen-bond donors (Lipinski definition) is 1. The van der Waals surface area contributed by atoms with Crippen molar-refractivity contribution in [1.29, 1.82) is 0 Å². The van der Waals surface area contributed by atoms with E-state index >= 15 is 0 Å². The maximum Gasteiger partial charge on any atom is 0.159 e. The average Bonchev–Trinajstić information content (AvgIpc) is 3.19. The zero-order valence-corrected chi connectivity index (χ0v) is 16.0. The van der Waals surface area contributed by atoms with Crippen LogP contribution in [0.2, 0.25) is 0 Å². The molecule has 0 radical (unpaired) electrons. The van der Waals surface area contributed by atoms with Crippen molar-refractivity contribution in [2.24, 2.45) is 0 Å². The van der Waals surface area contributed by atoms with Gasteiger partial charge in [-0.3, -0.25) is 0 Å². The summed E-state index contributed by atoms with van der Waals surface area (Å²) in [5.74, 6) is 0.524. The highest BCUT2D eigenvalue weighted by molar-refractivity contribution is 5.55. The fraction of sp³-hybridized carbons (Fsp3) is 0.304. The Morgan fingerprint density at radius 2 is 1.89 bits per heavy atom. The van der Waals surface area contributed by atoms with Crippen LogP contribution in [0.4, 0.5) is 4.39 Å². The lowest BCUT2D eigenvalue weighted by molar-refractivity contribution is 0.176. The van der Waals surface area contributed by atoms with Crippen molar-refractivity contribution in [2.75, 3.05) is 19.8 Å². The second-order valence-electron chi connectivity index (χ2n) is 7.48. The molecule has 28 heavy (non-hydrogen) atoms. The standard InChI is InChI=1S/C23H24FN3O/c1-17-3-2-4-19(11-17)22-26-13-18(14-27-22)12-25-15-23(9-10-28-16-23)20-5-7-21(24)8-6-20/h2-8,11,13-14,25H,9-10,12,15-16H2,1H3/t23-/m1/s1. The third kappa shape index (κ3) is 4.11. The Hall–Kier alpha value is -2.63. The quantitative estimate of drug-likeness (QED) is 0.704. The zero-order chi connectivity index (χ0) is 19.4. The van der Waals surface area contributed by atoms with E-state index in [0.29, 0.717) is 13.2 Å². The fourth-order valence-electron chi connectivity index (χ4n) is 3.71. The Morgan fingerprint density at radius 1 is 1.11 bits per heavy atom. The Morgan fingerprint density at radius 3 is 2.57 bits per heavy atom. The molecule has 2 aromatic carbocycles. The molecule has 1 N–H and O–H groups in total. The molecule has 1 aliphatic heterocycles. The molecule has 1 saturated heterocycles. The number of ether oxygens (including phenoxy) is 1. The zero-order valence-electron chi connectivity index (χ0n) is 16.0. The number of hydrogen-bond acceptors (Lipinski definition) is 4. The van der Waals surface area contributed by atoms with E-state index in [1.807, 2.05) is 36.7 Å². The Bertz CT molecular complexity index is 919. The average molecular weight is 377 g/mol. The molecule has 1 fully saturated rings. The Kier molecular flexibility index (Phi) is 5.46. The number of rotatable bonds is 6. The van der Waals surface area contributed by atoms with Crippen LogP contribution in [0, 0.1) is 12.7 Å². The van der Waals surface area contributed by atoms with Gasteiger partial charge in [0.2, 0.25) is 0 Å². The van der Waals surface area contributed by atoms with E-state index in [1.165, 1.54) is 17.7 Å². The van der Waals surface area contributed by atoms with Crippen molar-refractivity contribution >= 4 is 0 Å². The number of nitrogens with one attached hydrogen (secondary N) is 1. The summed E-state index contributed by atoms with van der Waals surface area (Å²) in [5.41, 5.74) is 4.25. The molecule has 1 atom stereocenters. The second kappa shape index (κ2) is 8.17. The van der Waals surface area contributed by atoms with Crippen LogP contribution in [0.15, 0.2) is 60.9 Å². The van der Waals surface area contributed by atoms with Crippen LogP contribution in [0.1, 0.15) is 23.1 Å². The number of nitrogens with zero attached hydrogens (tertiary/aromatic N) is 2. The summed E-state index contributed by atoms with van der Waals surface area (Å²) in [5, 5.41) is 3.51. The third-order valence-electron chi connectivity index (χ3n) is 5.33. The van der Waals surface area contributed by atoms with Gasteiger partial charge in [0, 0.05) is 48.6 Å². The van der Waals surface area contributed by atoms with E-state index in [-0.39, 0.29) is 11.2 Å². The molecule has 2 heterocycles. The van der Waals surface area contributed by atoms with Crippen molar-refractivity contribution in [3.8, 4) is 11.4 Å². The monoisotopic (exact) mass is 377 g/mol. The van der Waals surface area contributed by atoms with Crippen LogP contribution in [0.5, 0.6) is 0 Å². The lowest BCUT2D eigenvalue weighted by atomic mass is 9.79. The summed E-state index contributed by atoms with van der Waals surface area (Å²) in [7, 11) is 0. The molecule has 0 aliphatic carbocycles. The predicted octanol–water partition coefficient (Wildman–Crippen LogP) is 4.04. The van der Waals surface area contributed by atoms with Gasteiger partial charge in [0.25, 0.3) is 0 Å². The van der Waals surface area contributed by atoms with Gasteiger partial charge in [0.1, 0.15) is 5.82 Å². The maximum absolute atomic E-state index is 13.3. The van der Waals surface area contributed by atoms with Gasteiger partial charge < -0.3 is 10.1 Å². The Balaban J connectivity index is 1.40. The van der Waals surface area contributed by atoms with E-state index in [1.54, 1.807) is 0 Å². The molecule has 144 valence electrons. The lowest BCUT2D eigenvalue weighted by Crippen LogP contribution is -2.38. The molecule has 0 unspecified atom stereocenters. The smallest absolute Gasteiger partial charge is 0.159 e. The summed E-state index contributed by atoms with van der Waals surface area (Å²) in [6, 6.07) is 15.0. The molecule has 1 aliphatic rings. The van der Waals surface area contributed by atoms with E-state index < -0.39 is 0 Å². The number of halogens is 1. The van der Waals surface area contributed by atoms with Crippen molar-refractivity contribution < 1.29 is 9.13 Å². The highest BCUT2D eigenvalue weighted by atomic mass is 19.1. The van der Waals surface area contributed by atoms with Gasteiger partial charge >= 0.3 is 0 Å². The topological polar surface area (TPSA) is 47.0 Å². The molecular formula is C23H24FN3O. The summed E-state index contributed by atoms with van der Waals surface area (Å²) in [4.78, 5) is 9.02. The van der Waals surface area contributed by atoms with E-state index in [0.717, 1.165) is 42.1 Å². The summed E-state index contributed by atoms with van der Waals surface area (Å²) in [6.07, 6.45) is 4.66. The largest absolute Gasteiger partial charge is 0.380 e. The van der Waals surface area contributed by atoms with Crippen molar-refractivity contribution in [3.63, 3.8) is 0 Å². The van der Waals surface area contributed by atoms with Crippen LogP contribution in [-0.4, -0.2) is 29.7 Å². The molecule has 3 aromatic rings. The normalized spacial score (nSPS) is 19.1. The minimum absolute atomic E-state index is 0.115. The van der Waals surface area contributed by atoms with Crippen LogP contribution >= 0.6 is 0 Å². The number of benzene rings is 2. The van der Waals surface area contributed by atoms with Gasteiger partial charge in [0.05, 0.1) is 6.61 Å². The summed E-state index contributed by atoms with van der Waals surface area (Å²) in [6.45, 7) is 4.88. The van der Waals surface area contributed by atoms with Crippen LogP contribution in [0.3, 0.4) is 0 Å². The summed E-state index contributed by atoms with van der Waals surface area (Å²) >= 11 is 0. The van der Waals surface area contributed by atoms with Gasteiger partial charge in [-0.2, -0.15) is 0 Å². The van der Waals surface area contributed by atoms with Crippen LogP contribution in [-0.2, 0) is 16.7 Å². The highest BCUT2D eigenvalue weighted by Crippen LogP contribution is 2.32. The first-order chi connectivity index (χ1) is 13.6. The van der Waals surface area contributed by atoms with E-state index in [2.05, 4.69) is 34.3 Å². The van der Waals surface area contributed by atoms with Crippen LogP contribution < -0.4 is 5.32 Å². The minimum Gasteiger partial charge on any atom is -0.380 e. The molecular weight excluding hydrogens is 353 g/mol. The number of aryl methyl sites for hydroxylation is 1. The second-order valence-corrected chi connectivity index (χ2v) is 7.48. The molecule has 5 heteroatoms. The minimum atomic E-state index is -0.211. The lowest BCUT2D eigenvalue weighted by Gasteiger charge is -2.28. The molecule has 0 spiro atoms. The molecule has 0 amide bonds. The van der Waals surface area contributed by atoms with Crippen LogP contribution in [0.25, 0.3) is 11.4 Å². The van der Waals surface area contributed by atoms with Crippen molar-refractivity contribution in [3.05, 3.63) is 83.4 Å². The number of aromatic nitrogens is 2. The van der Waals surface area contributed by atoms with Gasteiger partial charge in [-0.1, -0.05) is 35.9 Å². The van der Waals surface area contributed by atoms with Gasteiger partial charge in [0.15, 0.2) is 5.82 Å². The maximum atomic E-state index is 13.3. The van der Waals surface area contributed by atoms with E-state index in [4.69, 9.17) is 4.74 Å². The summed E-state index contributed by atoms with van der Waals surface area (Å²) < 4.78 is 19.0. The first-order valence-corrected chi connectivity index (χ1v) is 9.57. The molecule has 0 bridgehead atoms. The Labute approximate surface area is 164 Å². The third-order valence-corrected chi connectivity index (χ3v) is 5.33. The van der Waals surface area contributed by atoms with Gasteiger partial charge in [-0.25, -0.2) is 14.4 Å². The van der Waals surface area contributed by atoms with Gasteiger partial charge in [-0.15, -0.1) is 0 Å². The van der Waals surface area contributed by atoms with Crippen molar-refractivity contribution in [1.82, 2.24) is 15.3 Å².